The van der Waals surface area contributed by atoms with Crippen LogP contribution < -0.4 is 20.7 Å². The SMILES string of the molecule is CC1Oc2ccc(C(CCCCCNC(=O)c3ccc(Cl)cc3)NC(=O)OC(C)(C)C)cc2NC1=O. The molecule has 9 heteroatoms. The van der Waals surface area contributed by atoms with Gasteiger partial charge in [0, 0.05) is 17.1 Å². The van der Waals surface area contributed by atoms with Crippen LogP contribution in [0.5, 0.6) is 5.75 Å². The zero-order valence-electron chi connectivity index (χ0n) is 21.2. The molecule has 0 saturated carbocycles. The van der Waals surface area contributed by atoms with Crippen LogP contribution in [0.25, 0.3) is 0 Å². The number of ether oxygens (including phenoxy) is 2. The first-order valence-corrected chi connectivity index (χ1v) is 12.5. The van der Waals surface area contributed by atoms with E-state index in [-0.39, 0.29) is 17.9 Å². The minimum atomic E-state index is -0.620. The monoisotopic (exact) mass is 515 g/mol. The van der Waals surface area contributed by atoms with E-state index in [1.54, 1.807) is 37.3 Å². The smallest absolute Gasteiger partial charge is 0.408 e. The van der Waals surface area contributed by atoms with Gasteiger partial charge in [-0.1, -0.05) is 30.5 Å². The molecule has 8 nitrogen and oxygen atoms in total. The number of carbonyl (C=O) groups excluding carboxylic acids is 3. The highest BCUT2D eigenvalue weighted by Gasteiger charge is 2.26. The molecule has 3 amide bonds. The summed E-state index contributed by atoms with van der Waals surface area (Å²) in [5.74, 6) is 0.249. The Morgan fingerprint density at radius 3 is 2.53 bits per heavy atom. The van der Waals surface area contributed by atoms with E-state index >= 15 is 0 Å². The lowest BCUT2D eigenvalue weighted by Gasteiger charge is -2.27. The molecule has 0 aliphatic carbocycles. The molecule has 0 fully saturated rings. The fraction of sp³-hybridized carbons (Fsp3) is 0.444. The summed E-state index contributed by atoms with van der Waals surface area (Å²) in [5, 5.41) is 9.31. The zero-order chi connectivity index (χ0) is 26.3. The summed E-state index contributed by atoms with van der Waals surface area (Å²) >= 11 is 5.87. The average molecular weight is 516 g/mol. The Morgan fingerprint density at radius 1 is 1.11 bits per heavy atom. The first-order valence-electron chi connectivity index (χ1n) is 12.2. The van der Waals surface area contributed by atoms with Gasteiger partial charge in [-0.2, -0.15) is 0 Å². The van der Waals surface area contributed by atoms with Crippen LogP contribution in [-0.2, 0) is 9.53 Å². The number of hydrogen-bond donors (Lipinski definition) is 3. The Hall–Kier alpha value is -3.26. The second kappa shape index (κ2) is 12.1. The van der Waals surface area contributed by atoms with Crippen molar-refractivity contribution >= 4 is 35.2 Å². The maximum absolute atomic E-state index is 12.5. The van der Waals surface area contributed by atoms with Crippen LogP contribution in [0.15, 0.2) is 42.5 Å². The van der Waals surface area contributed by atoms with Gasteiger partial charge in [0.25, 0.3) is 11.8 Å². The largest absolute Gasteiger partial charge is 0.479 e. The molecule has 3 N–H and O–H groups in total. The summed E-state index contributed by atoms with van der Waals surface area (Å²) < 4.78 is 11.1. The van der Waals surface area contributed by atoms with Gasteiger partial charge in [-0.25, -0.2) is 4.79 Å². The number of halogens is 1. The number of alkyl carbamates (subject to hydrolysis) is 1. The first-order chi connectivity index (χ1) is 17.0. The summed E-state index contributed by atoms with van der Waals surface area (Å²) in [4.78, 5) is 36.8. The number of hydrogen-bond acceptors (Lipinski definition) is 5. The lowest BCUT2D eigenvalue weighted by Crippen LogP contribution is -2.36. The minimum absolute atomic E-state index is 0.135. The van der Waals surface area contributed by atoms with E-state index in [0.717, 1.165) is 24.8 Å². The van der Waals surface area contributed by atoms with Crippen LogP contribution in [-0.4, -0.2) is 36.2 Å². The van der Waals surface area contributed by atoms with Crippen LogP contribution in [0.1, 0.15) is 75.3 Å². The molecule has 1 heterocycles. The third-order valence-electron chi connectivity index (χ3n) is 5.59. The molecule has 0 radical (unpaired) electrons. The lowest BCUT2D eigenvalue weighted by molar-refractivity contribution is -0.122. The van der Waals surface area contributed by atoms with Crippen molar-refractivity contribution < 1.29 is 23.9 Å². The molecule has 3 rings (SSSR count). The van der Waals surface area contributed by atoms with Gasteiger partial charge in [-0.05, 0) is 82.5 Å². The quantitative estimate of drug-likeness (QED) is 0.376. The highest BCUT2D eigenvalue weighted by molar-refractivity contribution is 6.30. The van der Waals surface area contributed by atoms with Crippen LogP contribution in [0, 0.1) is 0 Å². The maximum Gasteiger partial charge on any atom is 0.408 e. The molecule has 2 aromatic rings. The minimum Gasteiger partial charge on any atom is -0.479 e. The fourth-order valence-corrected chi connectivity index (χ4v) is 3.90. The summed E-state index contributed by atoms with van der Waals surface area (Å²) in [6, 6.07) is 12.0. The topological polar surface area (TPSA) is 106 Å². The van der Waals surface area contributed by atoms with Crippen LogP contribution >= 0.6 is 11.6 Å². The van der Waals surface area contributed by atoms with E-state index in [0.29, 0.717) is 35.0 Å². The van der Waals surface area contributed by atoms with E-state index in [2.05, 4.69) is 16.0 Å². The Morgan fingerprint density at radius 2 is 1.83 bits per heavy atom. The average Bonchev–Trinajstić information content (AvgIpc) is 2.80. The van der Waals surface area contributed by atoms with Crippen molar-refractivity contribution in [1.29, 1.82) is 0 Å². The molecule has 0 spiro atoms. The maximum atomic E-state index is 12.5. The molecule has 1 aliphatic rings. The highest BCUT2D eigenvalue weighted by atomic mass is 35.5. The van der Waals surface area contributed by atoms with Crippen LogP contribution in [0.4, 0.5) is 10.5 Å². The number of nitrogens with one attached hydrogen (secondary N) is 3. The van der Waals surface area contributed by atoms with Crippen molar-refractivity contribution in [1.82, 2.24) is 10.6 Å². The van der Waals surface area contributed by atoms with Gasteiger partial charge in [0.1, 0.15) is 11.4 Å². The summed E-state index contributed by atoms with van der Waals surface area (Å²) in [5.41, 5.74) is 1.37. The third-order valence-corrected chi connectivity index (χ3v) is 5.84. The predicted octanol–water partition coefficient (Wildman–Crippen LogP) is 5.62. The summed E-state index contributed by atoms with van der Waals surface area (Å²) in [6.45, 7) is 7.68. The number of amides is 3. The van der Waals surface area contributed by atoms with Gasteiger partial charge >= 0.3 is 6.09 Å². The molecular weight excluding hydrogens is 482 g/mol. The van der Waals surface area contributed by atoms with E-state index in [1.165, 1.54) is 0 Å². The second-order valence-corrected chi connectivity index (χ2v) is 10.3. The van der Waals surface area contributed by atoms with E-state index in [1.807, 2.05) is 32.9 Å². The van der Waals surface area contributed by atoms with Gasteiger partial charge in [-0.15, -0.1) is 0 Å². The standard InChI is InChI=1S/C27H34ClN3O5/c1-17-24(32)30-22-16-19(11-14-23(22)35-17)21(31-26(34)36-27(2,3)4)8-6-5-7-15-29-25(33)18-9-12-20(28)13-10-18/h9-14,16-17,21H,5-8,15H2,1-4H3,(H,29,33)(H,30,32)(H,31,34). The number of fused-ring (bicyclic) bond motifs is 1. The van der Waals surface area contributed by atoms with Crippen molar-refractivity contribution in [2.24, 2.45) is 0 Å². The van der Waals surface area contributed by atoms with E-state index in [4.69, 9.17) is 21.1 Å². The van der Waals surface area contributed by atoms with E-state index in [9.17, 15) is 14.4 Å². The predicted molar refractivity (Wildman–Crippen MR) is 140 cm³/mol. The van der Waals surface area contributed by atoms with Gasteiger partial charge in [-0.3, -0.25) is 9.59 Å². The lowest BCUT2D eigenvalue weighted by atomic mass is 9.99. The van der Waals surface area contributed by atoms with Gasteiger partial charge < -0.3 is 25.4 Å². The normalized spacial score (nSPS) is 15.7. The number of carbonyl (C=O) groups is 3. The molecule has 0 aromatic heterocycles. The van der Waals surface area contributed by atoms with Gasteiger partial charge in [0.15, 0.2) is 6.10 Å². The number of unbranched alkanes of at least 4 members (excludes halogenated alkanes) is 2. The fourth-order valence-electron chi connectivity index (χ4n) is 3.77. The van der Waals surface area contributed by atoms with Crippen molar-refractivity contribution in [3.63, 3.8) is 0 Å². The molecule has 1 aliphatic heterocycles. The molecule has 2 atom stereocenters. The number of rotatable bonds is 9. The second-order valence-electron chi connectivity index (χ2n) is 9.82. The summed E-state index contributed by atoms with van der Waals surface area (Å²) in [7, 11) is 0. The molecule has 36 heavy (non-hydrogen) atoms. The highest BCUT2D eigenvalue weighted by Crippen LogP contribution is 2.33. The number of benzene rings is 2. The van der Waals surface area contributed by atoms with Crippen molar-refractivity contribution in [3.05, 3.63) is 58.6 Å². The zero-order valence-corrected chi connectivity index (χ0v) is 21.9. The third kappa shape index (κ3) is 8.16. The molecule has 2 aromatic carbocycles. The Bertz CT molecular complexity index is 1080. The summed E-state index contributed by atoms with van der Waals surface area (Å²) in [6.07, 6.45) is 2.07. The first kappa shape index (κ1) is 27.3. The molecule has 2 unspecified atom stereocenters. The van der Waals surface area contributed by atoms with Gasteiger partial charge in [0.2, 0.25) is 0 Å². The van der Waals surface area contributed by atoms with Crippen LogP contribution in [0.2, 0.25) is 5.02 Å². The Kier molecular flexibility index (Phi) is 9.20. The Labute approximate surface area is 217 Å². The molecule has 0 bridgehead atoms. The number of anilines is 1. The van der Waals surface area contributed by atoms with Crippen LogP contribution in [0.3, 0.4) is 0 Å². The molecule has 0 saturated heterocycles. The van der Waals surface area contributed by atoms with Crippen molar-refractivity contribution in [3.8, 4) is 5.75 Å². The van der Waals surface area contributed by atoms with E-state index < -0.39 is 17.8 Å². The molecule has 194 valence electrons. The van der Waals surface area contributed by atoms with Crippen molar-refractivity contribution in [2.75, 3.05) is 11.9 Å². The Balaban J connectivity index is 1.56. The van der Waals surface area contributed by atoms with Gasteiger partial charge in [0.05, 0.1) is 11.7 Å². The van der Waals surface area contributed by atoms with Crippen molar-refractivity contribution in [2.45, 2.75) is 71.1 Å². The molecular formula is C27H34ClN3O5.